The Bertz CT molecular complexity index is 1380. The first-order chi connectivity index (χ1) is 15.7. The Hall–Kier alpha value is -3.84. The molecule has 0 aliphatic heterocycles. The average Bonchev–Trinajstić information content (AvgIpc) is 3.26. The van der Waals surface area contributed by atoms with Gasteiger partial charge in [0.1, 0.15) is 5.82 Å². The van der Waals surface area contributed by atoms with Gasteiger partial charge >= 0.3 is 0 Å². The summed E-state index contributed by atoms with van der Waals surface area (Å²) in [5, 5.41) is 13.5. The van der Waals surface area contributed by atoms with Gasteiger partial charge in [0.2, 0.25) is 5.16 Å². The molecule has 0 bridgehead atoms. The molecule has 0 aliphatic rings. The fraction of sp³-hybridized carbons (Fsp3) is 0.0400. The zero-order chi connectivity index (χ0) is 21.9. The minimum atomic E-state index is -0.369. The highest BCUT2D eigenvalue weighted by molar-refractivity contribution is 7.99. The van der Waals surface area contributed by atoms with Crippen LogP contribution in [0.2, 0.25) is 0 Å². The lowest BCUT2D eigenvalue weighted by atomic mass is 10.0. The minimum absolute atomic E-state index is 0.112. The van der Waals surface area contributed by atoms with Crippen LogP contribution in [-0.2, 0) is 0 Å². The van der Waals surface area contributed by atoms with Gasteiger partial charge in [0, 0.05) is 11.1 Å². The van der Waals surface area contributed by atoms with Gasteiger partial charge in [-0.3, -0.25) is 4.79 Å². The van der Waals surface area contributed by atoms with E-state index in [0.717, 1.165) is 22.4 Å². The van der Waals surface area contributed by atoms with Crippen LogP contribution in [0.15, 0.2) is 96.2 Å². The molecule has 0 spiro atoms. The lowest BCUT2D eigenvalue weighted by molar-refractivity contribution is 0.102. The van der Waals surface area contributed by atoms with Crippen LogP contribution in [0.4, 0.5) is 4.39 Å². The Kier molecular flexibility index (Phi) is 5.47. The second kappa shape index (κ2) is 8.72. The molecule has 0 saturated carbocycles. The number of halogens is 1. The average molecular weight is 441 g/mol. The second-order valence-electron chi connectivity index (χ2n) is 7.13. The maximum Gasteiger partial charge on any atom is 0.212 e. The van der Waals surface area contributed by atoms with Crippen LogP contribution >= 0.6 is 11.8 Å². The number of carbonyl (C=O) groups excluding carboxylic acids is 1. The molecular weight excluding hydrogens is 423 g/mol. The lowest BCUT2D eigenvalue weighted by Gasteiger charge is -2.05. The third kappa shape index (κ3) is 4.15. The van der Waals surface area contributed by atoms with Gasteiger partial charge in [-0.2, -0.15) is 9.61 Å². The van der Waals surface area contributed by atoms with Gasteiger partial charge in [-0.05, 0) is 47.5 Å². The Morgan fingerprint density at radius 3 is 2.22 bits per heavy atom. The van der Waals surface area contributed by atoms with Gasteiger partial charge in [-0.25, -0.2) is 4.39 Å². The van der Waals surface area contributed by atoms with Crippen molar-refractivity contribution in [2.75, 3.05) is 5.75 Å². The first-order valence-corrected chi connectivity index (χ1v) is 11.0. The Morgan fingerprint density at radius 1 is 0.781 bits per heavy atom. The summed E-state index contributed by atoms with van der Waals surface area (Å²) in [6, 6.07) is 27.7. The molecule has 0 unspecified atom stereocenters. The number of ketones is 1. The predicted octanol–water partition coefficient (Wildman–Crippen LogP) is 5.57. The summed E-state index contributed by atoms with van der Waals surface area (Å²) >= 11 is 1.25. The number of fused-ring (bicyclic) bond motifs is 1. The van der Waals surface area contributed by atoms with Crippen LogP contribution in [0, 0.1) is 5.82 Å². The highest BCUT2D eigenvalue weighted by Crippen LogP contribution is 2.25. The number of benzene rings is 3. The normalized spacial score (nSPS) is 11.0. The number of rotatable bonds is 6. The highest BCUT2D eigenvalue weighted by Gasteiger charge is 2.13. The summed E-state index contributed by atoms with van der Waals surface area (Å²) in [5.74, 6) is -0.324. The summed E-state index contributed by atoms with van der Waals surface area (Å²) in [5.41, 5.74) is 5.11. The van der Waals surface area contributed by atoms with Crippen LogP contribution in [0.3, 0.4) is 0 Å². The molecule has 3 aromatic carbocycles. The molecule has 0 N–H and O–H groups in total. The number of Topliss-reactive ketones (excluding diaryl/α,β-unsaturated/α-hetero) is 1. The van der Waals surface area contributed by atoms with E-state index in [4.69, 9.17) is 0 Å². The molecule has 5 rings (SSSR count). The van der Waals surface area contributed by atoms with Gasteiger partial charge < -0.3 is 0 Å². The van der Waals surface area contributed by atoms with Crippen molar-refractivity contribution in [3.05, 3.63) is 102 Å². The number of hydrogen-bond donors (Lipinski definition) is 0. The molecule has 156 valence electrons. The fourth-order valence-electron chi connectivity index (χ4n) is 3.33. The second-order valence-corrected chi connectivity index (χ2v) is 8.08. The van der Waals surface area contributed by atoms with Crippen molar-refractivity contribution in [2.45, 2.75) is 5.16 Å². The standard InChI is InChI=1S/C25H17FN4OS/c26-21-12-10-20(11-13-21)23(31)16-32-25-28-27-24-15-14-22(29-30(24)25)19-8-6-18(7-9-19)17-4-2-1-3-5-17/h1-15H,16H2. The summed E-state index contributed by atoms with van der Waals surface area (Å²) in [7, 11) is 0. The van der Waals surface area contributed by atoms with Crippen LogP contribution in [-0.4, -0.2) is 31.3 Å². The zero-order valence-electron chi connectivity index (χ0n) is 16.9. The summed E-state index contributed by atoms with van der Waals surface area (Å²) in [6.45, 7) is 0. The summed E-state index contributed by atoms with van der Waals surface area (Å²) < 4.78 is 14.7. The lowest BCUT2D eigenvalue weighted by Crippen LogP contribution is -2.04. The van der Waals surface area contributed by atoms with E-state index in [1.165, 1.54) is 36.0 Å². The molecule has 2 heterocycles. The predicted molar refractivity (Wildman–Crippen MR) is 123 cm³/mol. The Morgan fingerprint density at radius 2 is 1.47 bits per heavy atom. The highest BCUT2D eigenvalue weighted by atomic mass is 32.2. The van der Waals surface area contributed by atoms with Crippen LogP contribution in [0.5, 0.6) is 0 Å². The molecular formula is C25H17FN4OS. The van der Waals surface area contributed by atoms with E-state index < -0.39 is 0 Å². The fourth-order valence-corrected chi connectivity index (χ4v) is 4.11. The van der Waals surface area contributed by atoms with Gasteiger partial charge in [0.05, 0.1) is 11.4 Å². The molecule has 5 aromatic rings. The van der Waals surface area contributed by atoms with Gasteiger partial charge in [0.15, 0.2) is 11.4 Å². The van der Waals surface area contributed by atoms with E-state index in [0.29, 0.717) is 16.4 Å². The number of hydrogen-bond acceptors (Lipinski definition) is 5. The van der Waals surface area contributed by atoms with Crippen molar-refractivity contribution in [2.24, 2.45) is 0 Å². The molecule has 0 amide bonds. The van der Waals surface area contributed by atoms with Crippen LogP contribution < -0.4 is 0 Å². The molecule has 0 atom stereocenters. The minimum Gasteiger partial charge on any atom is -0.293 e. The van der Waals surface area contributed by atoms with Crippen molar-refractivity contribution in [1.82, 2.24) is 19.8 Å². The number of aromatic nitrogens is 4. The number of thioether (sulfide) groups is 1. The number of carbonyl (C=O) groups is 1. The van der Waals surface area contributed by atoms with E-state index in [1.54, 1.807) is 4.52 Å². The van der Waals surface area contributed by atoms with Gasteiger partial charge in [-0.1, -0.05) is 66.4 Å². The van der Waals surface area contributed by atoms with E-state index >= 15 is 0 Å². The van der Waals surface area contributed by atoms with E-state index in [9.17, 15) is 9.18 Å². The van der Waals surface area contributed by atoms with Crippen molar-refractivity contribution in [3.8, 4) is 22.4 Å². The maximum absolute atomic E-state index is 13.1. The molecule has 0 aliphatic carbocycles. The summed E-state index contributed by atoms with van der Waals surface area (Å²) in [6.07, 6.45) is 0. The molecule has 7 heteroatoms. The Labute approximate surface area is 187 Å². The van der Waals surface area contributed by atoms with Crippen molar-refractivity contribution >= 4 is 23.2 Å². The first kappa shape index (κ1) is 20.1. The zero-order valence-corrected chi connectivity index (χ0v) is 17.7. The molecule has 5 nitrogen and oxygen atoms in total. The molecule has 2 aromatic heterocycles. The largest absolute Gasteiger partial charge is 0.293 e. The molecule has 32 heavy (non-hydrogen) atoms. The quantitative estimate of drug-likeness (QED) is 0.255. The summed E-state index contributed by atoms with van der Waals surface area (Å²) in [4.78, 5) is 12.4. The van der Waals surface area contributed by atoms with Crippen molar-refractivity contribution < 1.29 is 9.18 Å². The van der Waals surface area contributed by atoms with Crippen molar-refractivity contribution in [1.29, 1.82) is 0 Å². The van der Waals surface area contributed by atoms with Crippen LogP contribution in [0.1, 0.15) is 10.4 Å². The monoisotopic (exact) mass is 440 g/mol. The topological polar surface area (TPSA) is 60.2 Å². The van der Waals surface area contributed by atoms with Crippen LogP contribution in [0.25, 0.3) is 28.0 Å². The maximum atomic E-state index is 13.1. The third-order valence-corrected chi connectivity index (χ3v) is 5.94. The van der Waals surface area contributed by atoms with E-state index in [-0.39, 0.29) is 17.4 Å². The third-order valence-electron chi connectivity index (χ3n) is 5.02. The first-order valence-electron chi connectivity index (χ1n) is 9.97. The molecule has 0 saturated heterocycles. The van der Waals surface area contributed by atoms with Gasteiger partial charge in [0.25, 0.3) is 0 Å². The van der Waals surface area contributed by atoms with Crippen molar-refractivity contribution in [3.63, 3.8) is 0 Å². The smallest absolute Gasteiger partial charge is 0.212 e. The van der Waals surface area contributed by atoms with E-state index in [2.05, 4.69) is 39.6 Å². The molecule has 0 radical (unpaired) electrons. The van der Waals surface area contributed by atoms with Gasteiger partial charge in [-0.15, -0.1) is 10.2 Å². The molecule has 0 fully saturated rings. The Balaban J connectivity index is 1.36. The SMILES string of the molecule is O=C(CSc1nnc2ccc(-c3ccc(-c4ccccc4)cc3)nn12)c1ccc(F)cc1. The number of nitrogens with zero attached hydrogens (tertiary/aromatic N) is 4. The van der Waals surface area contributed by atoms with E-state index in [1.807, 2.05) is 42.5 Å².